The molecule has 0 spiro atoms. The Morgan fingerprint density at radius 3 is 2.78 bits per heavy atom. The molecule has 0 radical (unpaired) electrons. The van der Waals surface area contributed by atoms with Crippen LogP contribution in [0.15, 0.2) is 30.3 Å². The van der Waals surface area contributed by atoms with Gasteiger partial charge in [0.1, 0.15) is 5.15 Å². The Kier molecular flexibility index (Phi) is 4.09. The molecule has 2 bridgehead atoms. The van der Waals surface area contributed by atoms with E-state index in [0.29, 0.717) is 17.1 Å². The Bertz CT molecular complexity index is 724. The highest BCUT2D eigenvalue weighted by Crippen LogP contribution is 2.30. The summed E-state index contributed by atoms with van der Waals surface area (Å²) in [6.07, 6.45) is 2.40. The van der Waals surface area contributed by atoms with E-state index in [1.807, 2.05) is 24.3 Å². The molecule has 3 saturated heterocycles. The molecule has 4 nitrogen and oxygen atoms in total. The molecular weight excluding hydrogens is 330 g/mol. The van der Waals surface area contributed by atoms with Gasteiger partial charge in [0.05, 0.1) is 15.4 Å². The lowest BCUT2D eigenvalue weighted by molar-refractivity contribution is 0.0622. The molecule has 2 aromatic heterocycles. The van der Waals surface area contributed by atoms with Gasteiger partial charge in [-0.25, -0.2) is 4.98 Å². The van der Waals surface area contributed by atoms with Crippen molar-refractivity contribution in [2.45, 2.75) is 18.9 Å². The normalized spacial score (nSPS) is 26.2. The van der Waals surface area contributed by atoms with Crippen LogP contribution in [0.3, 0.4) is 0 Å². The molecule has 3 fully saturated rings. The molecule has 1 unspecified atom stereocenters. The Morgan fingerprint density at radius 1 is 1.26 bits per heavy atom. The van der Waals surface area contributed by atoms with Gasteiger partial charge in [-0.15, -0.1) is 11.3 Å². The van der Waals surface area contributed by atoms with E-state index in [1.165, 1.54) is 37.3 Å². The number of piperidine rings is 3. The number of nitrogens with zero attached hydrogens (tertiary/aromatic N) is 2. The fourth-order valence-electron chi connectivity index (χ4n) is 3.51. The maximum absolute atomic E-state index is 12.5. The fourth-order valence-corrected chi connectivity index (χ4v) is 4.55. The van der Waals surface area contributed by atoms with Crippen LogP contribution in [0.25, 0.3) is 10.6 Å². The van der Waals surface area contributed by atoms with Crippen LogP contribution < -0.4 is 5.32 Å². The summed E-state index contributed by atoms with van der Waals surface area (Å²) in [5.41, 5.74) is 0.810. The van der Waals surface area contributed by atoms with E-state index < -0.39 is 0 Å². The number of carbonyl (C=O) groups is 1. The van der Waals surface area contributed by atoms with E-state index in [4.69, 9.17) is 11.6 Å². The molecule has 1 amide bonds. The van der Waals surface area contributed by atoms with Crippen LogP contribution in [0, 0.1) is 5.92 Å². The van der Waals surface area contributed by atoms with Crippen LogP contribution in [0.5, 0.6) is 0 Å². The van der Waals surface area contributed by atoms with Gasteiger partial charge in [0.15, 0.2) is 0 Å². The molecule has 0 aromatic carbocycles. The molecule has 1 atom stereocenters. The standard InChI is InChI=1S/C17H18ClN3OS/c18-16-3-1-2-12(19-16)14-4-5-15(23-14)17(22)20-13-10-21-8-6-11(13)7-9-21/h1-5,11,13H,6-10H2,(H,20,22). The minimum absolute atomic E-state index is 0.0297. The Hall–Kier alpha value is -1.43. The zero-order chi connectivity index (χ0) is 15.8. The number of carbonyl (C=O) groups excluding carboxylic acids is 1. The highest BCUT2D eigenvalue weighted by atomic mass is 35.5. The summed E-state index contributed by atoms with van der Waals surface area (Å²) < 4.78 is 0. The first kappa shape index (κ1) is 15.1. The van der Waals surface area contributed by atoms with E-state index in [9.17, 15) is 4.79 Å². The molecule has 0 saturated carbocycles. The van der Waals surface area contributed by atoms with Gasteiger partial charge in [-0.3, -0.25) is 4.79 Å². The number of hydrogen-bond donors (Lipinski definition) is 1. The topological polar surface area (TPSA) is 45.2 Å². The zero-order valence-electron chi connectivity index (χ0n) is 12.7. The minimum Gasteiger partial charge on any atom is -0.347 e. The highest BCUT2D eigenvalue weighted by molar-refractivity contribution is 7.17. The fraction of sp³-hybridized carbons (Fsp3) is 0.412. The molecule has 6 heteroatoms. The Labute approximate surface area is 144 Å². The van der Waals surface area contributed by atoms with Crippen LogP contribution in [-0.2, 0) is 0 Å². The smallest absolute Gasteiger partial charge is 0.261 e. The molecule has 5 heterocycles. The van der Waals surface area contributed by atoms with Gasteiger partial charge in [-0.05, 0) is 56.1 Å². The second-order valence-electron chi connectivity index (χ2n) is 6.23. The maximum atomic E-state index is 12.5. The predicted molar refractivity (Wildman–Crippen MR) is 93.0 cm³/mol. The maximum Gasteiger partial charge on any atom is 0.261 e. The predicted octanol–water partition coefficient (Wildman–Crippen LogP) is 3.29. The van der Waals surface area contributed by atoms with E-state index in [0.717, 1.165) is 22.0 Å². The summed E-state index contributed by atoms with van der Waals surface area (Å²) in [4.78, 5) is 21.0. The van der Waals surface area contributed by atoms with Crippen molar-refractivity contribution >= 4 is 28.8 Å². The van der Waals surface area contributed by atoms with Crippen molar-refractivity contribution in [2.75, 3.05) is 19.6 Å². The van der Waals surface area contributed by atoms with E-state index in [2.05, 4.69) is 15.2 Å². The molecule has 5 rings (SSSR count). The Balaban J connectivity index is 1.47. The summed E-state index contributed by atoms with van der Waals surface area (Å²) in [6.45, 7) is 3.35. The van der Waals surface area contributed by atoms with Crippen molar-refractivity contribution in [2.24, 2.45) is 5.92 Å². The van der Waals surface area contributed by atoms with Crippen LogP contribution in [0.1, 0.15) is 22.5 Å². The molecular formula is C17H18ClN3OS. The van der Waals surface area contributed by atoms with E-state index in [1.54, 1.807) is 6.07 Å². The average molecular weight is 348 g/mol. The van der Waals surface area contributed by atoms with Crippen LogP contribution in [0.4, 0.5) is 0 Å². The third-order valence-electron chi connectivity index (χ3n) is 4.77. The van der Waals surface area contributed by atoms with Crippen molar-refractivity contribution in [3.05, 3.63) is 40.4 Å². The summed E-state index contributed by atoms with van der Waals surface area (Å²) in [6, 6.07) is 9.64. The molecule has 1 N–H and O–H groups in total. The van der Waals surface area contributed by atoms with Gasteiger partial charge in [0, 0.05) is 12.6 Å². The van der Waals surface area contributed by atoms with E-state index >= 15 is 0 Å². The van der Waals surface area contributed by atoms with Gasteiger partial charge in [0.25, 0.3) is 5.91 Å². The summed E-state index contributed by atoms with van der Waals surface area (Å²) in [5, 5.41) is 3.69. The first-order chi connectivity index (χ1) is 11.2. The summed E-state index contributed by atoms with van der Waals surface area (Å²) in [7, 11) is 0. The quantitative estimate of drug-likeness (QED) is 0.866. The number of thiophene rings is 1. The third-order valence-corrected chi connectivity index (χ3v) is 6.09. The number of hydrogen-bond acceptors (Lipinski definition) is 4. The summed E-state index contributed by atoms with van der Waals surface area (Å²) >= 11 is 7.40. The number of rotatable bonds is 3. The van der Waals surface area contributed by atoms with Crippen molar-refractivity contribution in [1.29, 1.82) is 0 Å². The minimum atomic E-state index is 0.0297. The van der Waals surface area contributed by atoms with Crippen LogP contribution in [0.2, 0.25) is 5.15 Å². The monoisotopic (exact) mass is 347 g/mol. The molecule has 3 aliphatic rings. The SMILES string of the molecule is O=C(NC1CN2CCC1CC2)c1ccc(-c2cccc(Cl)n2)s1. The number of aromatic nitrogens is 1. The second kappa shape index (κ2) is 6.23. The Morgan fingerprint density at radius 2 is 2.09 bits per heavy atom. The first-order valence-electron chi connectivity index (χ1n) is 7.95. The molecule has 2 aromatic rings. The van der Waals surface area contributed by atoms with E-state index in [-0.39, 0.29) is 5.91 Å². The third kappa shape index (κ3) is 3.13. The molecule has 3 aliphatic heterocycles. The molecule has 0 aliphatic carbocycles. The van der Waals surface area contributed by atoms with Gasteiger partial charge in [-0.2, -0.15) is 0 Å². The van der Waals surface area contributed by atoms with Gasteiger partial charge in [0.2, 0.25) is 0 Å². The average Bonchev–Trinajstić information content (AvgIpc) is 3.06. The number of pyridine rings is 1. The lowest BCUT2D eigenvalue weighted by Crippen LogP contribution is -2.57. The van der Waals surface area contributed by atoms with Crippen molar-refractivity contribution < 1.29 is 4.79 Å². The summed E-state index contributed by atoms with van der Waals surface area (Å²) in [5.74, 6) is 0.667. The van der Waals surface area contributed by atoms with Crippen molar-refractivity contribution in [3.8, 4) is 10.6 Å². The molecule has 120 valence electrons. The van der Waals surface area contributed by atoms with Gasteiger partial charge < -0.3 is 10.2 Å². The lowest BCUT2D eigenvalue weighted by atomic mass is 9.84. The van der Waals surface area contributed by atoms with Crippen molar-refractivity contribution in [1.82, 2.24) is 15.2 Å². The molecule has 23 heavy (non-hydrogen) atoms. The number of amides is 1. The largest absolute Gasteiger partial charge is 0.347 e. The zero-order valence-corrected chi connectivity index (χ0v) is 14.2. The lowest BCUT2D eigenvalue weighted by Gasteiger charge is -2.44. The van der Waals surface area contributed by atoms with Crippen molar-refractivity contribution in [3.63, 3.8) is 0 Å². The van der Waals surface area contributed by atoms with Gasteiger partial charge in [-0.1, -0.05) is 17.7 Å². The first-order valence-corrected chi connectivity index (χ1v) is 9.14. The van der Waals surface area contributed by atoms with Gasteiger partial charge >= 0.3 is 0 Å². The highest BCUT2D eigenvalue weighted by Gasteiger charge is 2.35. The van der Waals surface area contributed by atoms with Crippen LogP contribution in [-0.4, -0.2) is 41.5 Å². The second-order valence-corrected chi connectivity index (χ2v) is 7.70. The number of fused-ring (bicyclic) bond motifs is 3. The number of halogens is 1. The number of nitrogens with one attached hydrogen (secondary N) is 1. The van der Waals surface area contributed by atoms with Crippen LogP contribution >= 0.6 is 22.9 Å².